The Morgan fingerprint density at radius 2 is 2.25 bits per heavy atom. The Morgan fingerprint density at radius 3 is 2.85 bits per heavy atom. The molecular weight excluding hydrogens is 373 g/mol. The van der Waals surface area contributed by atoms with Crippen LogP contribution in [0.4, 0.5) is 10.1 Å². The van der Waals surface area contributed by atoms with Crippen molar-refractivity contribution in [2.24, 2.45) is 7.05 Å². The number of aryl methyl sites for hydroxylation is 1. The topological polar surface area (TPSA) is 81.1 Å². The molecule has 0 aliphatic rings. The minimum atomic E-state index is -2.02. The minimum Gasteiger partial charge on any atom is -0.398 e. The fourth-order valence-corrected chi connectivity index (χ4v) is 3.32. The van der Waals surface area contributed by atoms with E-state index in [0.717, 1.165) is 6.07 Å². The van der Waals surface area contributed by atoms with E-state index in [2.05, 4.69) is 21.0 Å². The zero-order chi connectivity index (χ0) is 15.0. The van der Waals surface area contributed by atoms with Crippen LogP contribution >= 0.6 is 27.5 Å². The summed E-state index contributed by atoms with van der Waals surface area (Å²) in [6.45, 7) is 0. The highest BCUT2D eigenvalue weighted by Crippen LogP contribution is 2.35. The maximum atomic E-state index is 14.0. The molecule has 108 valence electrons. The third-order valence-corrected chi connectivity index (χ3v) is 4.38. The SMILES string of the molecule is Cn1nc(-c2cc(N)c(Cl)cc2F)c(Br)c1CS(=O)O. The van der Waals surface area contributed by atoms with Gasteiger partial charge in [0.1, 0.15) is 11.5 Å². The largest absolute Gasteiger partial charge is 0.398 e. The molecule has 20 heavy (non-hydrogen) atoms. The van der Waals surface area contributed by atoms with Gasteiger partial charge < -0.3 is 10.3 Å². The summed E-state index contributed by atoms with van der Waals surface area (Å²) in [6.07, 6.45) is 0. The number of anilines is 1. The minimum absolute atomic E-state index is 0.116. The number of benzene rings is 1. The van der Waals surface area contributed by atoms with E-state index in [9.17, 15) is 8.60 Å². The summed E-state index contributed by atoms with van der Waals surface area (Å²) in [5.74, 6) is -0.686. The van der Waals surface area contributed by atoms with Gasteiger partial charge in [-0.05, 0) is 28.1 Å². The zero-order valence-electron chi connectivity index (χ0n) is 10.2. The number of nitrogen functional groups attached to an aromatic ring is 1. The van der Waals surface area contributed by atoms with E-state index in [-0.39, 0.29) is 22.0 Å². The molecule has 1 aromatic carbocycles. The van der Waals surface area contributed by atoms with Gasteiger partial charge in [-0.15, -0.1) is 0 Å². The van der Waals surface area contributed by atoms with Crippen LogP contribution in [0.1, 0.15) is 5.69 Å². The molecule has 0 aliphatic carbocycles. The van der Waals surface area contributed by atoms with Gasteiger partial charge >= 0.3 is 0 Å². The van der Waals surface area contributed by atoms with E-state index in [1.54, 1.807) is 7.05 Å². The number of aromatic nitrogens is 2. The van der Waals surface area contributed by atoms with Gasteiger partial charge in [0.25, 0.3) is 0 Å². The molecule has 0 bridgehead atoms. The lowest BCUT2D eigenvalue weighted by Crippen LogP contribution is -2.02. The summed E-state index contributed by atoms with van der Waals surface area (Å²) >= 11 is 6.99. The molecule has 3 N–H and O–H groups in total. The van der Waals surface area contributed by atoms with Crippen LogP contribution in [0.15, 0.2) is 16.6 Å². The fourth-order valence-electron chi connectivity index (χ4n) is 1.73. The van der Waals surface area contributed by atoms with Crippen LogP contribution in [0.5, 0.6) is 0 Å². The second-order valence-electron chi connectivity index (χ2n) is 4.05. The molecule has 0 aliphatic heterocycles. The first-order valence-corrected chi connectivity index (χ1v) is 7.79. The summed E-state index contributed by atoms with van der Waals surface area (Å²) in [4.78, 5) is 0. The molecule has 9 heteroatoms. The molecule has 2 aromatic rings. The quantitative estimate of drug-likeness (QED) is 0.632. The Morgan fingerprint density at radius 1 is 1.60 bits per heavy atom. The molecule has 1 heterocycles. The van der Waals surface area contributed by atoms with Crippen molar-refractivity contribution in [1.82, 2.24) is 9.78 Å². The van der Waals surface area contributed by atoms with Crippen molar-refractivity contribution in [1.29, 1.82) is 0 Å². The van der Waals surface area contributed by atoms with Gasteiger partial charge in [-0.3, -0.25) is 4.68 Å². The van der Waals surface area contributed by atoms with Crippen molar-refractivity contribution in [2.75, 3.05) is 5.73 Å². The van der Waals surface area contributed by atoms with Crippen molar-refractivity contribution < 1.29 is 13.2 Å². The third kappa shape index (κ3) is 2.88. The predicted molar refractivity (Wildman–Crippen MR) is 80.2 cm³/mol. The zero-order valence-corrected chi connectivity index (χ0v) is 13.4. The van der Waals surface area contributed by atoms with Crippen LogP contribution in [0.25, 0.3) is 11.3 Å². The molecule has 1 unspecified atom stereocenters. The van der Waals surface area contributed by atoms with Crippen LogP contribution < -0.4 is 5.73 Å². The molecule has 0 amide bonds. The van der Waals surface area contributed by atoms with Crippen molar-refractivity contribution in [3.63, 3.8) is 0 Å². The molecule has 1 atom stereocenters. The second-order valence-corrected chi connectivity index (χ2v) is 6.18. The average molecular weight is 383 g/mol. The van der Waals surface area contributed by atoms with Crippen molar-refractivity contribution in [3.8, 4) is 11.3 Å². The molecule has 0 radical (unpaired) electrons. The van der Waals surface area contributed by atoms with Crippen LogP contribution in [0.2, 0.25) is 5.02 Å². The van der Waals surface area contributed by atoms with Crippen molar-refractivity contribution >= 4 is 44.3 Å². The molecule has 0 fully saturated rings. The molecular formula is C11H10BrClFN3O2S. The first-order valence-electron chi connectivity index (χ1n) is 5.35. The summed E-state index contributed by atoms with van der Waals surface area (Å²) < 4.78 is 35.7. The highest BCUT2D eigenvalue weighted by molar-refractivity contribution is 9.10. The van der Waals surface area contributed by atoms with E-state index in [1.165, 1.54) is 10.7 Å². The Bertz CT molecular complexity index is 707. The summed E-state index contributed by atoms with van der Waals surface area (Å²) in [7, 11) is 1.60. The number of halogens is 3. The van der Waals surface area contributed by atoms with Crippen molar-refractivity contribution in [2.45, 2.75) is 5.75 Å². The molecule has 5 nitrogen and oxygen atoms in total. The maximum absolute atomic E-state index is 14.0. The van der Waals surface area contributed by atoms with Gasteiger partial charge in [0.05, 0.1) is 26.6 Å². The lowest BCUT2D eigenvalue weighted by Gasteiger charge is -2.04. The number of hydrogen-bond donors (Lipinski definition) is 2. The van der Waals surface area contributed by atoms with Gasteiger partial charge in [-0.2, -0.15) is 5.10 Å². The smallest absolute Gasteiger partial charge is 0.158 e. The lowest BCUT2D eigenvalue weighted by molar-refractivity contribution is 0.560. The maximum Gasteiger partial charge on any atom is 0.158 e. The highest BCUT2D eigenvalue weighted by atomic mass is 79.9. The Balaban J connectivity index is 2.60. The third-order valence-electron chi connectivity index (χ3n) is 2.70. The van der Waals surface area contributed by atoms with Gasteiger partial charge in [0.15, 0.2) is 11.1 Å². The van der Waals surface area contributed by atoms with Gasteiger partial charge in [0, 0.05) is 12.6 Å². The van der Waals surface area contributed by atoms with Crippen LogP contribution in [0.3, 0.4) is 0 Å². The average Bonchev–Trinajstić information content (AvgIpc) is 2.61. The highest BCUT2D eigenvalue weighted by Gasteiger charge is 2.20. The molecule has 0 spiro atoms. The Labute approximate surface area is 130 Å². The second kappa shape index (κ2) is 5.80. The van der Waals surface area contributed by atoms with Crippen molar-refractivity contribution in [3.05, 3.63) is 33.1 Å². The molecule has 0 saturated carbocycles. The standard InChI is InChI=1S/C11H10BrClFN3O2S/c1-17-9(4-20(18)19)10(12)11(16-17)5-2-8(15)6(13)3-7(5)14/h2-3H,4,15H2,1H3,(H,18,19). The lowest BCUT2D eigenvalue weighted by atomic mass is 10.1. The van der Waals surface area contributed by atoms with Crippen LogP contribution in [-0.2, 0) is 23.9 Å². The van der Waals surface area contributed by atoms with E-state index < -0.39 is 16.9 Å². The molecule has 2 rings (SSSR count). The van der Waals surface area contributed by atoms with Crippen LogP contribution in [0, 0.1) is 5.82 Å². The number of rotatable bonds is 3. The monoisotopic (exact) mass is 381 g/mol. The molecule has 0 saturated heterocycles. The summed E-state index contributed by atoms with van der Waals surface area (Å²) in [5, 5.41) is 4.27. The number of hydrogen-bond acceptors (Lipinski definition) is 3. The molecule has 1 aromatic heterocycles. The number of nitrogens with zero attached hydrogens (tertiary/aromatic N) is 2. The van der Waals surface area contributed by atoms with E-state index in [0.29, 0.717) is 15.9 Å². The van der Waals surface area contributed by atoms with Gasteiger partial charge in [0.2, 0.25) is 0 Å². The predicted octanol–water partition coefficient (Wildman–Crippen LogP) is 2.95. The Kier molecular flexibility index (Phi) is 4.48. The van der Waals surface area contributed by atoms with E-state index in [1.807, 2.05) is 0 Å². The Hall–Kier alpha value is -0.960. The van der Waals surface area contributed by atoms with Crippen LogP contribution in [-0.4, -0.2) is 18.5 Å². The fraction of sp³-hybridized carbons (Fsp3) is 0.182. The normalized spacial score (nSPS) is 12.7. The first-order chi connectivity index (χ1) is 9.31. The summed E-state index contributed by atoms with van der Waals surface area (Å²) in [5.41, 5.74) is 6.85. The van der Waals surface area contributed by atoms with Gasteiger partial charge in [-0.25, -0.2) is 8.60 Å². The first kappa shape index (κ1) is 15.4. The number of nitrogens with two attached hydrogens (primary N) is 1. The van der Waals surface area contributed by atoms with Gasteiger partial charge in [-0.1, -0.05) is 11.6 Å². The van der Waals surface area contributed by atoms with E-state index in [4.69, 9.17) is 21.9 Å². The van der Waals surface area contributed by atoms with E-state index >= 15 is 0 Å². The summed E-state index contributed by atoms with van der Waals surface area (Å²) in [6, 6.07) is 2.49.